The minimum absolute atomic E-state index is 0.423. The van der Waals surface area contributed by atoms with Crippen molar-refractivity contribution in [3.05, 3.63) is 23.7 Å². The zero-order valence-electron chi connectivity index (χ0n) is 8.50. The summed E-state index contributed by atoms with van der Waals surface area (Å²) in [5.41, 5.74) is 2.18. The van der Waals surface area contributed by atoms with Crippen molar-refractivity contribution in [1.82, 2.24) is 15.2 Å². The van der Waals surface area contributed by atoms with E-state index in [0.29, 0.717) is 5.69 Å². The fourth-order valence-corrected chi connectivity index (χ4v) is 1.10. The van der Waals surface area contributed by atoms with Crippen molar-refractivity contribution in [3.63, 3.8) is 0 Å². The summed E-state index contributed by atoms with van der Waals surface area (Å²) in [6.07, 6.45) is 1.59. The van der Waals surface area contributed by atoms with E-state index in [1.807, 2.05) is 26.8 Å². The topological polar surface area (TPSA) is 65.4 Å². The number of aromatic nitrogens is 3. The van der Waals surface area contributed by atoms with Gasteiger partial charge in [-0.05, 0) is 13.0 Å². The quantitative estimate of drug-likeness (QED) is 0.689. The van der Waals surface area contributed by atoms with Gasteiger partial charge in [0, 0.05) is 11.1 Å². The third-order valence-electron chi connectivity index (χ3n) is 1.75. The number of pyridine rings is 1. The first kappa shape index (κ1) is 10.2. The summed E-state index contributed by atoms with van der Waals surface area (Å²) in [5.74, 6) is 0. The molecule has 0 radical (unpaired) electrons. The lowest BCUT2D eigenvalue weighted by Crippen LogP contribution is -1.80. The molecule has 2 aromatic rings. The minimum atomic E-state index is 0.423. The van der Waals surface area contributed by atoms with E-state index in [1.165, 1.54) is 0 Å². The first-order valence-electron chi connectivity index (χ1n) is 4.52. The van der Waals surface area contributed by atoms with Crippen LogP contribution in [-0.4, -0.2) is 15.2 Å². The van der Waals surface area contributed by atoms with Crippen LogP contribution < -0.4 is 0 Å². The molecule has 0 aliphatic heterocycles. The van der Waals surface area contributed by atoms with Gasteiger partial charge in [-0.25, -0.2) is 4.98 Å². The van der Waals surface area contributed by atoms with Crippen molar-refractivity contribution in [2.75, 3.05) is 0 Å². The van der Waals surface area contributed by atoms with Gasteiger partial charge in [-0.1, -0.05) is 13.8 Å². The maximum Gasteiger partial charge on any atom is 0.141 e. The SMILES string of the molecule is CC.Cc1[nH]nc2cnc(C#N)cc12. The highest BCUT2D eigenvalue weighted by atomic mass is 15.1. The van der Waals surface area contributed by atoms with E-state index in [-0.39, 0.29) is 0 Å². The Kier molecular flexibility index (Phi) is 3.19. The number of H-pyrrole nitrogens is 1. The van der Waals surface area contributed by atoms with Crippen LogP contribution in [0.15, 0.2) is 12.3 Å². The zero-order valence-corrected chi connectivity index (χ0v) is 8.50. The van der Waals surface area contributed by atoms with Crippen molar-refractivity contribution >= 4 is 10.9 Å². The molecule has 1 N–H and O–H groups in total. The molecule has 0 bridgehead atoms. The van der Waals surface area contributed by atoms with Crippen molar-refractivity contribution in [1.29, 1.82) is 5.26 Å². The lowest BCUT2D eigenvalue weighted by Gasteiger charge is -1.88. The van der Waals surface area contributed by atoms with Crippen LogP contribution in [0.3, 0.4) is 0 Å². The summed E-state index contributed by atoms with van der Waals surface area (Å²) >= 11 is 0. The molecule has 0 aliphatic rings. The van der Waals surface area contributed by atoms with Crippen LogP contribution >= 0.6 is 0 Å². The highest BCUT2D eigenvalue weighted by molar-refractivity contribution is 5.80. The molecule has 0 unspecified atom stereocenters. The highest BCUT2D eigenvalue weighted by Gasteiger charge is 2.01. The van der Waals surface area contributed by atoms with Gasteiger partial charge in [-0.2, -0.15) is 10.4 Å². The Labute approximate surface area is 82.6 Å². The Bertz CT molecular complexity index is 464. The maximum atomic E-state index is 8.58. The number of nitrogens with one attached hydrogen (secondary N) is 1. The molecule has 2 rings (SSSR count). The predicted octanol–water partition coefficient (Wildman–Crippen LogP) is 2.16. The van der Waals surface area contributed by atoms with Crippen LogP contribution in [0, 0.1) is 18.3 Å². The van der Waals surface area contributed by atoms with Gasteiger partial charge in [-0.15, -0.1) is 0 Å². The minimum Gasteiger partial charge on any atom is -0.282 e. The number of hydrogen-bond donors (Lipinski definition) is 1. The summed E-state index contributed by atoms with van der Waals surface area (Å²) < 4.78 is 0. The Balaban J connectivity index is 0.000000461. The van der Waals surface area contributed by atoms with Crippen molar-refractivity contribution < 1.29 is 0 Å². The maximum absolute atomic E-state index is 8.58. The average molecular weight is 188 g/mol. The van der Waals surface area contributed by atoms with Crippen LogP contribution in [0.2, 0.25) is 0 Å². The number of nitrogens with zero attached hydrogens (tertiary/aromatic N) is 3. The number of rotatable bonds is 0. The van der Waals surface area contributed by atoms with E-state index < -0.39 is 0 Å². The number of aryl methyl sites for hydroxylation is 1. The van der Waals surface area contributed by atoms with E-state index in [2.05, 4.69) is 15.2 Å². The Hall–Kier alpha value is -1.89. The Morgan fingerprint density at radius 2 is 2.14 bits per heavy atom. The summed E-state index contributed by atoms with van der Waals surface area (Å²) in [6, 6.07) is 3.71. The van der Waals surface area contributed by atoms with Gasteiger partial charge in [0.1, 0.15) is 17.3 Å². The molecule has 0 saturated heterocycles. The van der Waals surface area contributed by atoms with Crippen molar-refractivity contribution in [2.45, 2.75) is 20.8 Å². The van der Waals surface area contributed by atoms with Gasteiger partial charge < -0.3 is 0 Å². The van der Waals surface area contributed by atoms with E-state index in [1.54, 1.807) is 12.3 Å². The summed E-state index contributed by atoms with van der Waals surface area (Å²) in [7, 11) is 0. The molecular weight excluding hydrogens is 176 g/mol. The summed E-state index contributed by atoms with van der Waals surface area (Å²) in [5, 5.41) is 16.4. The fraction of sp³-hybridized carbons (Fsp3) is 0.300. The van der Waals surface area contributed by atoms with Gasteiger partial charge in [0.25, 0.3) is 0 Å². The second kappa shape index (κ2) is 4.38. The molecule has 2 heterocycles. The van der Waals surface area contributed by atoms with Crippen LogP contribution in [0.25, 0.3) is 10.9 Å². The van der Waals surface area contributed by atoms with Crippen LogP contribution in [0.5, 0.6) is 0 Å². The zero-order chi connectivity index (χ0) is 10.6. The molecule has 0 aliphatic carbocycles. The molecule has 4 nitrogen and oxygen atoms in total. The van der Waals surface area contributed by atoms with Crippen molar-refractivity contribution in [3.8, 4) is 6.07 Å². The van der Waals surface area contributed by atoms with Gasteiger partial charge in [0.2, 0.25) is 0 Å². The van der Waals surface area contributed by atoms with Gasteiger partial charge in [0.15, 0.2) is 0 Å². The standard InChI is InChI=1S/C8H6N4.C2H6/c1-5-7-2-6(3-9)10-4-8(7)12-11-5;1-2/h2,4H,1H3,(H,11,12);1-2H3. The molecule has 14 heavy (non-hydrogen) atoms. The molecular formula is C10H12N4. The number of nitriles is 1. The monoisotopic (exact) mass is 188 g/mol. The molecule has 0 atom stereocenters. The number of hydrogen-bond acceptors (Lipinski definition) is 3. The predicted molar refractivity (Wildman–Crippen MR) is 54.7 cm³/mol. The fourth-order valence-electron chi connectivity index (χ4n) is 1.10. The summed E-state index contributed by atoms with van der Waals surface area (Å²) in [4.78, 5) is 3.90. The molecule has 0 amide bonds. The van der Waals surface area contributed by atoms with Crippen molar-refractivity contribution in [2.24, 2.45) is 0 Å². The number of aromatic amines is 1. The lowest BCUT2D eigenvalue weighted by molar-refractivity contribution is 1.07. The number of fused-ring (bicyclic) bond motifs is 1. The van der Waals surface area contributed by atoms with Crippen LogP contribution in [-0.2, 0) is 0 Å². The highest BCUT2D eigenvalue weighted by Crippen LogP contribution is 2.13. The molecule has 0 spiro atoms. The third kappa shape index (κ3) is 1.72. The molecule has 4 heteroatoms. The normalized spacial score (nSPS) is 9.00. The molecule has 0 fully saturated rings. The molecule has 72 valence electrons. The van der Waals surface area contributed by atoms with Crippen LogP contribution in [0.4, 0.5) is 0 Å². The van der Waals surface area contributed by atoms with E-state index in [0.717, 1.165) is 16.6 Å². The molecule has 2 aromatic heterocycles. The Morgan fingerprint density at radius 3 is 2.79 bits per heavy atom. The summed E-state index contributed by atoms with van der Waals surface area (Å²) in [6.45, 7) is 5.91. The van der Waals surface area contributed by atoms with Gasteiger partial charge >= 0.3 is 0 Å². The average Bonchev–Trinajstić information content (AvgIpc) is 2.63. The third-order valence-corrected chi connectivity index (χ3v) is 1.75. The van der Waals surface area contributed by atoms with E-state index >= 15 is 0 Å². The van der Waals surface area contributed by atoms with Crippen LogP contribution in [0.1, 0.15) is 25.2 Å². The lowest BCUT2D eigenvalue weighted by atomic mass is 10.2. The first-order valence-corrected chi connectivity index (χ1v) is 4.52. The second-order valence-corrected chi connectivity index (χ2v) is 2.55. The second-order valence-electron chi connectivity index (χ2n) is 2.55. The first-order chi connectivity index (χ1) is 6.81. The van der Waals surface area contributed by atoms with Gasteiger partial charge in [-0.3, -0.25) is 5.10 Å². The Morgan fingerprint density at radius 1 is 1.43 bits per heavy atom. The molecule has 0 aromatic carbocycles. The smallest absolute Gasteiger partial charge is 0.141 e. The van der Waals surface area contributed by atoms with E-state index in [9.17, 15) is 0 Å². The largest absolute Gasteiger partial charge is 0.282 e. The molecule has 0 saturated carbocycles. The van der Waals surface area contributed by atoms with E-state index in [4.69, 9.17) is 5.26 Å². The van der Waals surface area contributed by atoms with Gasteiger partial charge in [0.05, 0.1) is 6.20 Å².